The summed E-state index contributed by atoms with van der Waals surface area (Å²) in [6.45, 7) is 1.81. The SMILES string of the molecule is C[C@H](NC(=O)NC[C@@H]1CCCS1(=O)=O)c1ccc(F)cc1Cl. The molecule has 8 heteroatoms. The molecule has 5 nitrogen and oxygen atoms in total. The minimum atomic E-state index is -3.08. The highest BCUT2D eigenvalue weighted by Gasteiger charge is 2.31. The van der Waals surface area contributed by atoms with Crippen LogP contribution < -0.4 is 10.6 Å². The molecule has 0 aromatic heterocycles. The van der Waals surface area contributed by atoms with Crippen LogP contribution in [0, 0.1) is 5.82 Å². The summed E-state index contributed by atoms with van der Waals surface area (Å²) in [5.74, 6) is -0.264. The number of benzene rings is 1. The Labute approximate surface area is 134 Å². The van der Waals surface area contributed by atoms with Crippen LogP contribution in [-0.4, -0.2) is 32.0 Å². The minimum Gasteiger partial charge on any atom is -0.337 e. The van der Waals surface area contributed by atoms with Crippen molar-refractivity contribution in [3.05, 3.63) is 34.6 Å². The van der Waals surface area contributed by atoms with E-state index in [1.165, 1.54) is 18.2 Å². The number of carbonyl (C=O) groups excluding carboxylic acids is 1. The molecule has 0 unspecified atom stereocenters. The molecule has 2 atom stereocenters. The van der Waals surface area contributed by atoms with Crippen molar-refractivity contribution < 1.29 is 17.6 Å². The molecule has 1 heterocycles. The summed E-state index contributed by atoms with van der Waals surface area (Å²) in [4.78, 5) is 11.8. The van der Waals surface area contributed by atoms with Crippen LogP contribution >= 0.6 is 11.6 Å². The van der Waals surface area contributed by atoms with Crippen molar-refractivity contribution in [2.24, 2.45) is 0 Å². The molecule has 2 N–H and O–H groups in total. The lowest BCUT2D eigenvalue weighted by molar-refractivity contribution is 0.238. The Balaban J connectivity index is 1.89. The molecular weight excluding hydrogens is 331 g/mol. The monoisotopic (exact) mass is 348 g/mol. The van der Waals surface area contributed by atoms with Gasteiger partial charge in [0, 0.05) is 11.6 Å². The number of carbonyl (C=O) groups is 1. The lowest BCUT2D eigenvalue weighted by atomic mass is 10.1. The van der Waals surface area contributed by atoms with Crippen LogP contribution in [0.1, 0.15) is 31.4 Å². The number of nitrogens with one attached hydrogen (secondary N) is 2. The van der Waals surface area contributed by atoms with Gasteiger partial charge in [0.25, 0.3) is 0 Å². The molecule has 1 saturated heterocycles. The summed E-state index contributed by atoms with van der Waals surface area (Å²) in [7, 11) is -3.08. The predicted octanol–water partition coefficient (Wildman–Crippen LogP) is 2.42. The van der Waals surface area contributed by atoms with Crippen LogP contribution in [0.2, 0.25) is 5.02 Å². The smallest absolute Gasteiger partial charge is 0.315 e. The lowest BCUT2D eigenvalue weighted by Gasteiger charge is -2.17. The second-order valence-corrected chi connectivity index (χ2v) is 8.18. The zero-order valence-electron chi connectivity index (χ0n) is 12.1. The highest BCUT2D eigenvalue weighted by Crippen LogP contribution is 2.23. The second-order valence-electron chi connectivity index (χ2n) is 5.37. The molecule has 1 fully saturated rings. The normalized spacial score (nSPS) is 21.3. The summed E-state index contributed by atoms with van der Waals surface area (Å²) in [6.07, 6.45) is 1.21. The molecule has 1 aliphatic rings. The van der Waals surface area contributed by atoms with Crippen LogP contribution in [0.4, 0.5) is 9.18 Å². The third kappa shape index (κ3) is 4.10. The highest BCUT2D eigenvalue weighted by molar-refractivity contribution is 7.92. The Morgan fingerprint density at radius 1 is 1.50 bits per heavy atom. The van der Waals surface area contributed by atoms with Gasteiger partial charge in [0.1, 0.15) is 5.82 Å². The third-order valence-electron chi connectivity index (χ3n) is 3.73. The van der Waals surface area contributed by atoms with Gasteiger partial charge in [-0.05, 0) is 37.5 Å². The van der Waals surface area contributed by atoms with E-state index in [0.29, 0.717) is 18.4 Å². The molecule has 1 aromatic rings. The zero-order valence-corrected chi connectivity index (χ0v) is 13.7. The predicted molar refractivity (Wildman–Crippen MR) is 83.2 cm³/mol. The van der Waals surface area contributed by atoms with Crippen LogP contribution in [0.5, 0.6) is 0 Å². The number of halogens is 2. The number of hydrogen-bond donors (Lipinski definition) is 2. The first kappa shape index (κ1) is 17.0. The van der Waals surface area contributed by atoms with Crippen LogP contribution in [-0.2, 0) is 9.84 Å². The molecule has 0 aliphatic carbocycles. The van der Waals surface area contributed by atoms with Crippen molar-refractivity contribution in [1.82, 2.24) is 10.6 Å². The fourth-order valence-corrected chi connectivity index (χ4v) is 4.57. The van der Waals surface area contributed by atoms with Crippen molar-refractivity contribution in [1.29, 1.82) is 0 Å². The molecule has 2 amide bonds. The van der Waals surface area contributed by atoms with E-state index in [2.05, 4.69) is 10.6 Å². The topological polar surface area (TPSA) is 75.3 Å². The summed E-state index contributed by atoms with van der Waals surface area (Å²) in [5, 5.41) is 4.94. The first-order valence-corrected chi connectivity index (χ1v) is 9.10. The van der Waals surface area contributed by atoms with Gasteiger partial charge in [-0.2, -0.15) is 0 Å². The highest BCUT2D eigenvalue weighted by atomic mass is 35.5. The van der Waals surface area contributed by atoms with Gasteiger partial charge in [-0.25, -0.2) is 17.6 Å². The van der Waals surface area contributed by atoms with Gasteiger partial charge in [-0.1, -0.05) is 17.7 Å². The van der Waals surface area contributed by atoms with Gasteiger partial charge in [-0.3, -0.25) is 0 Å². The average molecular weight is 349 g/mol. The van der Waals surface area contributed by atoms with E-state index < -0.39 is 33.0 Å². The Bertz CT molecular complexity index is 666. The van der Waals surface area contributed by atoms with E-state index in [1.807, 2.05) is 0 Å². The minimum absolute atomic E-state index is 0.0953. The number of urea groups is 1. The van der Waals surface area contributed by atoms with Gasteiger partial charge in [0.2, 0.25) is 0 Å². The van der Waals surface area contributed by atoms with Gasteiger partial charge < -0.3 is 10.6 Å². The Morgan fingerprint density at radius 3 is 2.82 bits per heavy atom. The standard InChI is InChI=1S/C14H18ClFN2O3S/c1-9(12-5-4-10(16)7-13(12)15)18-14(19)17-8-11-3-2-6-22(11,20)21/h4-5,7,9,11H,2-3,6,8H2,1H3,(H2,17,18,19)/t9-,11-/m0/s1. The summed E-state index contributed by atoms with van der Waals surface area (Å²) >= 11 is 5.93. The van der Waals surface area contributed by atoms with E-state index in [9.17, 15) is 17.6 Å². The first-order chi connectivity index (χ1) is 10.3. The summed E-state index contributed by atoms with van der Waals surface area (Å²) in [5.41, 5.74) is 0.590. The molecule has 122 valence electrons. The number of rotatable bonds is 4. The maximum atomic E-state index is 13.0. The Hall–Kier alpha value is -1.34. The van der Waals surface area contributed by atoms with Crippen LogP contribution in [0.25, 0.3) is 0 Å². The molecule has 0 spiro atoms. The van der Waals surface area contributed by atoms with E-state index >= 15 is 0 Å². The largest absolute Gasteiger partial charge is 0.337 e. The molecule has 1 aromatic carbocycles. The number of sulfone groups is 1. The van der Waals surface area contributed by atoms with E-state index in [4.69, 9.17) is 11.6 Å². The van der Waals surface area contributed by atoms with Crippen LogP contribution in [0.3, 0.4) is 0 Å². The lowest BCUT2D eigenvalue weighted by Crippen LogP contribution is -2.41. The average Bonchev–Trinajstić information content (AvgIpc) is 2.75. The maximum Gasteiger partial charge on any atom is 0.315 e. The zero-order chi connectivity index (χ0) is 16.3. The third-order valence-corrected chi connectivity index (χ3v) is 6.33. The van der Waals surface area contributed by atoms with E-state index in [-0.39, 0.29) is 17.3 Å². The Kier molecular flexibility index (Phi) is 5.28. The quantitative estimate of drug-likeness (QED) is 0.877. The van der Waals surface area contributed by atoms with Gasteiger partial charge in [0.05, 0.1) is 17.0 Å². The van der Waals surface area contributed by atoms with Crippen molar-refractivity contribution in [3.8, 4) is 0 Å². The maximum absolute atomic E-state index is 13.0. The van der Waals surface area contributed by atoms with Gasteiger partial charge in [-0.15, -0.1) is 0 Å². The first-order valence-electron chi connectivity index (χ1n) is 7.00. The van der Waals surface area contributed by atoms with E-state index in [0.717, 1.165) is 0 Å². The molecule has 0 bridgehead atoms. The number of amides is 2. The van der Waals surface area contributed by atoms with Crippen molar-refractivity contribution in [2.45, 2.75) is 31.1 Å². The van der Waals surface area contributed by atoms with Gasteiger partial charge >= 0.3 is 6.03 Å². The molecule has 0 saturated carbocycles. The van der Waals surface area contributed by atoms with Crippen molar-refractivity contribution >= 4 is 27.5 Å². The fraction of sp³-hybridized carbons (Fsp3) is 0.500. The fourth-order valence-electron chi connectivity index (χ4n) is 2.47. The molecular formula is C14H18ClFN2O3S. The molecule has 2 rings (SSSR count). The molecule has 1 aliphatic heterocycles. The molecule has 22 heavy (non-hydrogen) atoms. The number of hydrogen-bond acceptors (Lipinski definition) is 3. The van der Waals surface area contributed by atoms with E-state index in [1.54, 1.807) is 6.92 Å². The van der Waals surface area contributed by atoms with Crippen LogP contribution in [0.15, 0.2) is 18.2 Å². The molecule has 0 radical (unpaired) electrons. The summed E-state index contributed by atoms with van der Waals surface area (Å²) in [6, 6.07) is 3.05. The second kappa shape index (κ2) is 6.83. The summed E-state index contributed by atoms with van der Waals surface area (Å²) < 4.78 is 36.3. The van der Waals surface area contributed by atoms with Crippen molar-refractivity contribution in [3.63, 3.8) is 0 Å². The van der Waals surface area contributed by atoms with Crippen molar-refractivity contribution in [2.75, 3.05) is 12.3 Å². The Morgan fingerprint density at radius 2 is 2.23 bits per heavy atom. The van der Waals surface area contributed by atoms with Gasteiger partial charge in [0.15, 0.2) is 9.84 Å².